The number of aromatic nitrogens is 3. The van der Waals surface area contributed by atoms with Crippen LogP contribution in [-0.4, -0.2) is 39.6 Å². The van der Waals surface area contributed by atoms with Crippen LogP contribution in [0.3, 0.4) is 0 Å². The van der Waals surface area contributed by atoms with Crippen molar-refractivity contribution in [3.05, 3.63) is 24.2 Å². The summed E-state index contributed by atoms with van der Waals surface area (Å²) in [6.07, 6.45) is 1.22. The Hall–Kier alpha value is -2.86. The zero-order chi connectivity index (χ0) is 17.2. The molecule has 0 saturated carbocycles. The molecule has 24 heavy (non-hydrogen) atoms. The number of nitriles is 1. The highest BCUT2D eigenvalue weighted by Crippen LogP contribution is 2.40. The van der Waals surface area contributed by atoms with Gasteiger partial charge in [-0.3, -0.25) is 0 Å². The number of ether oxygens (including phenoxy) is 3. The number of nitrogens with zero attached hydrogens (tertiary/aromatic N) is 4. The highest BCUT2D eigenvalue weighted by Gasteiger charge is 2.43. The third-order valence-corrected chi connectivity index (χ3v) is 3.91. The molecule has 0 amide bonds. The first-order valence-corrected chi connectivity index (χ1v) is 7.55. The van der Waals surface area contributed by atoms with E-state index in [1.807, 2.05) is 6.07 Å². The molecule has 1 saturated heterocycles. The van der Waals surface area contributed by atoms with Gasteiger partial charge in [0.25, 0.3) is 0 Å². The maximum Gasteiger partial charge on any atom is 0.508 e. The Labute approximate surface area is 137 Å². The van der Waals surface area contributed by atoms with E-state index in [9.17, 15) is 10.1 Å². The highest BCUT2D eigenvalue weighted by molar-refractivity contribution is 5.65. The lowest BCUT2D eigenvalue weighted by molar-refractivity contribution is -0.0544. The minimum Gasteiger partial charge on any atom is -0.435 e. The van der Waals surface area contributed by atoms with Crippen molar-refractivity contribution >= 4 is 17.5 Å². The molecule has 9 nitrogen and oxygen atoms in total. The summed E-state index contributed by atoms with van der Waals surface area (Å²) in [6.45, 7) is 1.70. The van der Waals surface area contributed by atoms with Crippen LogP contribution in [-0.2, 0) is 14.2 Å². The lowest BCUT2D eigenvalue weighted by Crippen LogP contribution is -2.33. The van der Waals surface area contributed by atoms with Crippen molar-refractivity contribution in [2.75, 3.05) is 18.9 Å². The van der Waals surface area contributed by atoms with E-state index < -0.39 is 11.8 Å². The number of anilines is 1. The third-order valence-electron chi connectivity index (χ3n) is 3.91. The van der Waals surface area contributed by atoms with Crippen LogP contribution in [0.5, 0.6) is 0 Å². The van der Waals surface area contributed by atoms with Gasteiger partial charge in [0.1, 0.15) is 30.6 Å². The van der Waals surface area contributed by atoms with Crippen molar-refractivity contribution in [1.82, 2.24) is 14.6 Å². The van der Waals surface area contributed by atoms with Gasteiger partial charge in [0, 0.05) is 0 Å². The Balaban J connectivity index is 1.76. The SMILES string of the molecule is CCOC(=O)OC[C@]1(C#N)CCC(c2ccc3c(N)ncnn23)O1. The molecule has 2 atom stereocenters. The van der Waals surface area contributed by atoms with Crippen LogP contribution in [0, 0.1) is 11.3 Å². The fourth-order valence-electron chi connectivity index (χ4n) is 2.74. The fraction of sp³-hybridized carbons (Fsp3) is 0.467. The van der Waals surface area contributed by atoms with Crippen molar-refractivity contribution < 1.29 is 19.0 Å². The van der Waals surface area contributed by atoms with Gasteiger partial charge in [-0.1, -0.05) is 0 Å². The van der Waals surface area contributed by atoms with Crippen molar-refractivity contribution in [3.63, 3.8) is 0 Å². The van der Waals surface area contributed by atoms with Crippen LogP contribution in [0.15, 0.2) is 18.5 Å². The van der Waals surface area contributed by atoms with Gasteiger partial charge in [-0.15, -0.1) is 0 Å². The molecule has 1 unspecified atom stereocenters. The summed E-state index contributed by atoms with van der Waals surface area (Å²) in [5.74, 6) is 0.367. The molecule has 3 heterocycles. The van der Waals surface area contributed by atoms with Crippen LogP contribution >= 0.6 is 0 Å². The number of fused-ring (bicyclic) bond motifs is 1. The molecule has 2 aromatic rings. The zero-order valence-electron chi connectivity index (χ0n) is 13.1. The number of hydrogen-bond donors (Lipinski definition) is 1. The summed E-state index contributed by atoms with van der Waals surface area (Å²) in [5, 5.41) is 13.6. The first-order valence-electron chi connectivity index (χ1n) is 7.55. The summed E-state index contributed by atoms with van der Waals surface area (Å²) < 4.78 is 17.2. The Morgan fingerprint density at radius 2 is 2.42 bits per heavy atom. The molecule has 0 aromatic carbocycles. The molecular formula is C15H17N5O4. The van der Waals surface area contributed by atoms with Gasteiger partial charge in [-0.2, -0.15) is 10.4 Å². The first kappa shape index (κ1) is 16.0. The normalized spacial score (nSPS) is 23.1. The van der Waals surface area contributed by atoms with E-state index in [1.165, 1.54) is 6.33 Å². The predicted octanol–water partition coefficient (Wildman–Crippen LogP) is 1.60. The van der Waals surface area contributed by atoms with Crippen LogP contribution in [0.4, 0.5) is 10.6 Å². The summed E-state index contributed by atoms with van der Waals surface area (Å²) in [6, 6.07) is 5.74. The van der Waals surface area contributed by atoms with Crippen molar-refractivity contribution in [2.45, 2.75) is 31.5 Å². The average molecular weight is 331 g/mol. The van der Waals surface area contributed by atoms with Gasteiger partial charge in [0.05, 0.1) is 12.3 Å². The fourth-order valence-corrected chi connectivity index (χ4v) is 2.74. The molecule has 0 aliphatic carbocycles. The Morgan fingerprint density at radius 1 is 1.58 bits per heavy atom. The lowest BCUT2D eigenvalue weighted by Gasteiger charge is -2.21. The van der Waals surface area contributed by atoms with Crippen molar-refractivity contribution in [3.8, 4) is 6.07 Å². The number of rotatable bonds is 4. The monoisotopic (exact) mass is 331 g/mol. The molecule has 2 aromatic heterocycles. The molecule has 0 radical (unpaired) electrons. The molecular weight excluding hydrogens is 314 g/mol. The molecule has 9 heteroatoms. The van der Waals surface area contributed by atoms with Gasteiger partial charge < -0.3 is 19.9 Å². The number of carbonyl (C=O) groups excluding carboxylic acids is 1. The molecule has 3 rings (SSSR count). The predicted molar refractivity (Wildman–Crippen MR) is 81.8 cm³/mol. The van der Waals surface area contributed by atoms with E-state index in [-0.39, 0.29) is 19.3 Å². The summed E-state index contributed by atoms with van der Waals surface area (Å²) in [7, 11) is 0. The number of hydrogen-bond acceptors (Lipinski definition) is 8. The molecule has 1 aliphatic heterocycles. The number of nitrogen functional groups attached to an aromatic ring is 1. The van der Waals surface area contributed by atoms with Gasteiger partial charge >= 0.3 is 6.16 Å². The molecule has 0 spiro atoms. The van der Waals surface area contributed by atoms with Crippen LogP contribution in [0.25, 0.3) is 5.52 Å². The maximum atomic E-state index is 11.3. The molecule has 2 N–H and O–H groups in total. The topological polar surface area (TPSA) is 125 Å². The summed E-state index contributed by atoms with van der Waals surface area (Å²) in [4.78, 5) is 15.3. The second-order valence-electron chi connectivity index (χ2n) is 5.42. The first-order chi connectivity index (χ1) is 11.6. The molecule has 0 bridgehead atoms. The van der Waals surface area contributed by atoms with E-state index >= 15 is 0 Å². The largest absolute Gasteiger partial charge is 0.508 e. The van der Waals surface area contributed by atoms with Crippen LogP contribution in [0.1, 0.15) is 31.6 Å². The second kappa shape index (κ2) is 6.33. The number of carbonyl (C=O) groups is 1. The second-order valence-corrected chi connectivity index (χ2v) is 5.42. The summed E-state index contributed by atoms with van der Waals surface area (Å²) >= 11 is 0. The van der Waals surface area contributed by atoms with E-state index in [4.69, 9.17) is 19.9 Å². The summed E-state index contributed by atoms with van der Waals surface area (Å²) in [5.41, 5.74) is 6.07. The number of nitrogens with two attached hydrogens (primary N) is 1. The highest BCUT2D eigenvalue weighted by atomic mass is 16.7. The average Bonchev–Trinajstić information content (AvgIpc) is 3.19. The van der Waals surface area contributed by atoms with Crippen LogP contribution < -0.4 is 5.73 Å². The smallest absolute Gasteiger partial charge is 0.435 e. The molecule has 126 valence electrons. The maximum absolute atomic E-state index is 11.3. The van der Waals surface area contributed by atoms with Gasteiger partial charge in [0.2, 0.25) is 0 Å². The van der Waals surface area contributed by atoms with E-state index in [2.05, 4.69) is 16.2 Å². The third kappa shape index (κ3) is 2.83. The van der Waals surface area contributed by atoms with E-state index in [1.54, 1.807) is 17.5 Å². The van der Waals surface area contributed by atoms with E-state index in [0.717, 1.165) is 5.69 Å². The Morgan fingerprint density at radius 3 is 3.17 bits per heavy atom. The minimum absolute atomic E-state index is 0.181. The van der Waals surface area contributed by atoms with Gasteiger partial charge in [0.15, 0.2) is 11.4 Å². The van der Waals surface area contributed by atoms with Crippen molar-refractivity contribution in [2.24, 2.45) is 0 Å². The van der Waals surface area contributed by atoms with Gasteiger partial charge in [-0.25, -0.2) is 14.3 Å². The minimum atomic E-state index is -1.19. The van der Waals surface area contributed by atoms with E-state index in [0.29, 0.717) is 24.2 Å². The Bertz CT molecular complexity index is 799. The molecule has 1 fully saturated rings. The van der Waals surface area contributed by atoms with Gasteiger partial charge in [-0.05, 0) is 31.9 Å². The van der Waals surface area contributed by atoms with Crippen LogP contribution in [0.2, 0.25) is 0 Å². The Kier molecular flexibility index (Phi) is 4.22. The lowest BCUT2D eigenvalue weighted by atomic mass is 10.0. The molecule has 1 aliphatic rings. The zero-order valence-corrected chi connectivity index (χ0v) is 13.1. The van der Waals surface area contributed by atoms with Crippen molar-refractivity contribution in [1.29, 1.82) is 5.26 Å². The standard InChI is InChI=1S/C15H17N5O4/c1-2-22-14(21)23-8-15(7-16)6-5-12(24-15)10-3-4-11-13(17)18-9-19-20(10)11/h3-4,9,12H,2,5-6,8H2,1H3,(H2,17,18,19)/t12?,15-/m1/s1. The quantitative estimate of drug-likeness (QED) is 0.837.